The minimum atomic E-state index is 0.694. The molecule has 1 saturated heterocycles. The van der Waals surface area contributed by atoms with Gasteiger partial charge in [-0.1, -0.05) is 18.5 Å². The Kier molecular flexibility index (Phi) is 3.36. The molecule has 1 aromatic carbocycles. The first-order chi connectivity index (χ1) is 7.70. The van der Waals surface area contributed by atoms with Crippen molar-refractivity contribution in [1.82, 2.24) is 0 Å². The molecule has 0 bridgehead atoms. The molecule has 2 nitrogen and oxygen atoms in total. The van der Waals surface area contributed by atoms with Crippen molar-refractivity contribution in [3.8, 4) is 6.07 Å². The third kappa shape index (κ3) is 2.31. The molecule has 2 rings (SSSR count). The van der Waals surface area contributed by atoms with Crippen molar-refractivity contribution in [2.24, 2.45) is 5.92 Å². The van der Waals surface area contributed by atoms with Crippen LogP contribution in [0.3, 0.4) is 0 Å². The zero-order valence-electron chi connectivity index (χ0n) is 9.41. The van der Waals surface area contributed by atoms with Crippen LogP contribution in [0.5, 0.6) is 0 Å². The fourth-order valence-corrected chi connectivity index (χ4v) is 2.44. The Morgan fingerprint density at radius 1 is 1.50 bits per heavy atom. The predicted molar refractivity (Wildman–Crippen MR) is 66.8 cm³/mol. The highest BCUT2D eigenvalue weighted by Gasteiger charge is 2.19. The first-order valence-corrected chi connectivity index (χ1v) is 6.03. The molecule has 3 heteroatoms. The molecule has 1 unspecified atom stereocenters. The highest BCUT2D eigenvalue weighted by Crippen LogP contribution is 2.28. The second-order valence-corrected chi connectivity index (χ2v) is 4.90. The normalized spacial score (nSPS) is 20.6. The fraction of sp³-hybridized carbons (Fsp3) is 0.462. The molecule has 0 N–H and O–H groups in total. The molecule has 1 atom stereocenters. The molecule has 1 heterocycles. The van der Waals surface area contributed by atoms with Crippen molar-refractivity contribution < 1.29 is 0 Å². The number of benzene rings is 1. The second kappa shape index (κ2) is 4.76. The average Bonchev–Trinajstić information content (AvgIpc) is 2.29. The van der Waals surface area contributed by atoms with Crippen LogP contribution >= 0.6 is 11.6 Å². The van der Waals surface area contributed by atoms with E-state index < -0.39 is 0 Å². The van der Waals surface area contributed by atoms with Crippen LogP contribution < -0.4 is 4.90 Å². The largest absolute Gasteiger partial charge is 0.370 e. The van der Waals surface area contributed by atoms with Crippen LogP contribution in [0.25, 0.3) is 0 Å². The summed E-state index contributed by atoms with van der Waals surface area (Å²) in [5.41, 5.74) is 1.71. The smallest absolute Gasteiger partial charge is 0.101 e. The average molecular weight is 235 g/mol. The molecular weight excluding hydrogens is 220 g/mol. The number of anilines is 1. The van der Waals surface area contributed by atoms with E-state index in [4.69, 9.17) is 16.9 Å². The summed E-state index contributed by atoms with van der Waals surface area (Å²) < 4.78 is 0. The van der Waals surface area contributed by atoms with Gasteiger partial charge in [-0.25, -0.2) is 0 Å². The summed E-state index contributed by atoms with van der Waals surface area (Å²) in [6.45, 7) is 4.30. The van der Waals surface area contributed by atoms with Crippen LogP contribution in [0.2, 0.25) is 5.02 Å². The van der Waals surface area contributed by atoms with Crippen LogP contribution in [-0.4, -0.2) is 13.1 Å². The Morgan fingerprint density at radius 3 is 3.00 bits per heavy atom. The van der Waals surface area contributed by atoms with E-state index in [1.165, 1.54) is 12.8 Å². The maximum atomic E-state index is 9.09. The lowest BCUT2D eigenvalue weighted by Gasteiger charge is -2.33. The first-order valence-electron chi connectivity index (χ1n) is 5.65. The lowest BCUT2D eigenvalue weighted by Crippen LogP contribution is -2.34. The Balaban J connectivity index is 2.31. The first kappa shape index (κ1) is 11.3. The molecule has 0 aliphatic carbocycles. The summed E-state index contributed by atoms with van der Waals surface area (Å²) in [6.07, 6.45) is 2.47. The van der Waals surface area contributed by atoms with Gasteiger partial charge in [-0.2, -0.15) is 5.26 Å². The van der Waals surface area contributed by atoms with Gasteiger partial charge >= 0.3 is 0 Å². The van der Waals surface area contributed by atoms with Gasteiger partial charge in [0, 0.05) is 18.1 Å². The minimum absolute atomic E-state index is 0.694. The van der Waals surface area contributed by atoms with Gasteiger partial charge in [0.25, 0.3) is 0 Å². The van der Waals surface area contributed by atoms with Gasteiger partial charge in [0.1, 0.15) is 6.07 Å². The van der Waals surface area contributed by atoms with Crippen molar-refractivity contribution in [3.63, 3.8) is 0 Å². The number of rotatable bonds is 1. The SMILES string of the molecule is CC1CCCN(c2cc(Cl)ccc2C#N)C1. The number of piperidine rings is 1. The van der Waals surface area contributed by atoms with Gasteiger partial charge in [0.05, 0.1) is 11.3 Å². The summed E-state index contributed by atoms with van der Waals surface area (Å²) in [5, 5.41) is 9.79. The monoisotopic (exact) mass is 234 g/mol. The van der Waals surface area contributed by atoms with Crippen LogP contribution in [0.1, 0.15) is 25.3 Å². The van der Waals surface area contributed by atoms with Crippen molar-refractivity contribution in [2.75, 3.05) is 18.0 Å². The Bertz CT molecular complexity index is 422. The standard InChI is InChI=1S/C13H15ClN2/c1-10-3-2-6-16(9-10)13-7-12(14)5-4-11(13)8-15/h4-5,7,10H,2-3,6,9H2,1H3. The lowest BCUT2D eigenvalue weighted by atomic mass is 9.99. The van der Waals surface area contributed by atoms with Crippen LogP contribution in [0.15, 0.2) is 18.2 Å². The zero-order chi connectivity index (χ0) is 11.5. The molecule has 1 aromatic rings. The Morgan fingerprint density at radius 2 is 2.31 bits per heavy atom. The lowest BCUT2D eigenvalue weighted by molar-refractivity contribution is 0.446. The van der Waals surface area contributed by atoms with E-state index in [1.54, 1.807) is 12.1 Å². The van der Waals surface area contributed by atoms with E-state index >= 15 is 0 Å². The van der Waals surface area contributed by atoms with Gasteiger partial charge in [-0.15, -0.1) is 0 Å². The molecule has 1 aliphatic heterocycles. The van der Waals surface area contributed by atoms with E-state index in [9.17, 15) is 0 Å². The van der Waals surface area contributed by atoms with Crippen LogP contribution in [0.4, 0.5) is 5.69 Å². The highest BCUT2D eigenvalue weighted by molar-refractivity contribution is 6.30. The Hall–Kier alpha value is -1.20. The quantitative estimate of drug-likeness (QED) is 0.744. The topological polar surface area (TPSA) is 27.0 Å². The molecule has 0 amide bonds. The van der Waals surface area contributed by atoms with Gasteiger partial charge in [0.2, 0.25) is 0 Å². The number of nitriles is 1. The summed E-state index contributed by atoms with van der Waals surface area (Å²) >= 11 is 5.99. The third-order valence-electron chi connectivity index (χ3n) is 3.08. The molecule has 0 aromatic heterocycles. The molecular formula is C13H15ClN2. The second-order valence-electron chi connectivity index (χ2n) is 4.47. The molecule has 0 radical (unpaired) electrons. The van der Waals surface area contributed by atoms with E-state index in [1.807, 2.05) is 6.07 Å². The highest BCUT2D eigenvalue weighted by atomic mass is 35.5. The summed E-state index contributed by atoms with van der Waals surface area (Å²) in [5.74, 6) is 0.694. The van der Waals surface area contributed by atoms with Crippen molar-refractivity contribution in [2.45, 2.75) is 19.8 Å². The van der Waals surface area contributed by atoms with Crippen LogP contribution in [-0.2, 0) is 0 Å². The van der Waals surface area contributed by atoms with Gasteiger partial charge < -0.3 is 4.90 Å². The van der Waals surface area contributed by atoms with Gasteiger partial charge in [-0.05, 0) is 37.0 Å². The molecule has 1 fully saturated rings. The maximum absolute atomic E-state index is 9.09. The molecule has 0 saturated carbocycles. The zero-order valence-corrected chi connectivity index (χ0v) is 10.2. The fourth-order valence-electron chi connectivity index (χ4n) is 2.27. The summed E-state index contributed by atoms with van der Waals surface area (Å²) in [7, 11) is 0. The third-order valence-corrected chi connectivity index (χ3v) is 3.31. The van der Waals surface area contributed by atoms with E-state index in [-0.39, 0.29) is 0 Å². The predicted octanol–water partition coefficient (Wildman–Crippen LogP) is 3.45. The maximum Gasteiger partial charge on any atom is 0.101 e. The number of nitrogens with zero attached hydrogens (tertiary/aromatic N) is 2. The molecule has 84 valence electrons. The number of halogens is 1. The van der Waals surface area contributed by atoms with Crippen molar-refractivity contribution in [1.29, 1.82) is 5.26 Å². The Labute approximate surface area is 101 Å². The number of hydrogen-bond acceptors (Lipinski definition) is 2. The summed E-state index contributed by atoms with van der Waals surface area (Å²) in [4.78, 5) is 2.28. The van der Waals surface area contributed by atoms with Gasteiger partial charge in [0.15, 0.2) is 0 Å². The molecule has 16 heavy (non-hydrogen) atoms. The van der Waals surface area contributed by atoms with E-state index in [2.05, 4.69) is 17.9 Å². The molecule has 0 spiro atoms. The van der Waals surface area contributed by atoms with Gasteiger partial charge in [-0.3, -0.25) is 0 Å². The van der Waals surface area contributed by atoms with Crippen molar-refractivity contribution in [3.05, 3.63) is 28.8 Å². The van der Waals surface area contributed by atoms with E-state index in [0.29, 0.717) is 10.9 Å². The number of hydrogen-bond donors (Lipinski definition) is 0. The van der Waals surface area contributed by atoms with Crippen LogP contribution in [0, 0.1) is 17.2 Å². The minimum Gasteiger partial charge on any atom is -0.370 e. The van der Waals surface area contributed by atoms with E-state index in [0.717, 1.165) is 24.3 Å². The molecule has 1 aliphatic rings. The van der Waals surface area contributed by atoms with Crippen molar-refractivity contribution >= 4 is 17.3 Å². The summed E-state index contributed by atoms with van der Waals surface area (Å²) in [6, 6.07) is 7.71.